The minimum Gasteiger partial charge on any atom is -0.465 e. The molecule has 15 heavy (non-hydrogen) atoms. The lowest BCUT2D eigenvalue weighted by molar-refractivity contribution is -0.145. The number of nitrogens with zero attached hydrogens (tertiary/aromatic N) is 2. The van der Waals surface area contributed by atoms with E-state index in [0.717, 1.165) is 4.90 Å². The lowest BCUT2D eigenvalue weighted by Gasteiger charge is -2.24. The first-order valence-electron chi connectivity index (χ1n) is 4.62. The molecule has 0 saturated carbocycles. The molecule has 82 valence electrons. The van der Waals surface area contributed by atoms with Crippen LogP contribution in [0.5, 0.6) is 0 Å². The molecule has 1 heterocycles. The molecule has 1 saturated heterocycles. The van der Waals surface area contributed by atoms with Crippen LogP contribution >= 0.6 is 0 Å². The summed E-state index contributed by atoms with van der Waals surface area (Å²) in [6.45, 7) is 1.59. The molecule has 1 aliphatic heterocycles. The summed E-state index contributed by atoms with van der Waals surface area (Å²) >= 11 is 0. The van der Waals surface area contributed by atoms with Gasteiger partial charge in [-0.15, -0.1) is 0 Å². The van der Waals surface area contributed by atoms with Crippen molar-refractivity contribution in [1.82, 2.24) is 4.90 Å². The average molecular weight is 212 g/mol. The molecule has 1 fully saturated rings. The van der Waals surface area contributed by atoms with Crippen LogP contribution in [0.3, 0.4) is 0 Å². The van der Waals surface area contributed by atoms with E-state index in [-0.39, 0.29) is 0 Å². The summed E-state index contributed by atoms with van der Waals surface area (Å²) in [5.74, 6) is -0.571. The van der Waals surface area contributed by atoms with Gasteiger partial charge in [0, 0.05) is 13.5 Å². The maximum absolute atomic E-state index is 10.8. The number of carbonyl (C=O) groups excluding carboxylic acids is 1. The number of esters is 1. The van der Waals surface area contributed by atoms with Crippen LogP contribution in [-0.4, -0.2) is 40.8 Å². The fourth-order valence-corrected chi connectivity index (χ4v) is 1.71. The number of carbonyl (C=O) groups is 2. The van der Waals surface area contributed by atoms with Crippen molar-refractivity contribution in [2.75, 3.05) is 6.54 Å². The first kappa shape index (κ1) is 11.3. The molecule has 1 rings (SSSR count). The third kappa shape index (κ3) is 2.59. The molecule has 0 aromatic rings. The molecule has 0 radical (unpaired) electrons. The fraction of sp³-hybridized carbons (Fsp3) is 0.667. The van der Waals surface area contributed by atoms with Crippen LogP contribution in [0.15, 0.2) is 0 Å². The van der Waals surface area contributed by atoms with Crippen molar-refractivity contribution in [3.63, 3.8) is 0 Å². The molecule has 6 heteroatoms. The third-order valence-electron chi connectivity index (χ3n) is 2.31. The van der Waals surface area contributed by atoms with Crippen LogP contribution in [0.25, 0.3) is 0 Å². The van der Waals surface area contributed by atoms with Gasteiger partial charge < -0.3 is 14.7 Å². The van der Waals surface area contributed by atoms with Gasteiger partial charge in [-0.3, -0.25) is 4.79 Å². The van der Waals surface area contributed by atoms with Crippen molar-refractivity contribution in [1.29, 1.82) is 5.26 Å². The highest BCUT2D eigenvalue weighted by atomic mass is 16.5. The molecule has 1 amide bonds. The largest absolute Gasteiger partial charge is 0.465 e. The zero-order chi connectivity index (χ0) is 11.4. The van der Waals surface area contributed by atoms with Crippen molar-refractivity contribution >= 4 is 12.1 Å². The van der Waals surface area contributed by atoms with E-state index in [1.807, 2.05) is 6.07 Å². The Morgan fingerprint density at radius 2 is 2.33 bits per heavy atom. The average Bonchev–Trinajstić information content (AvgIpc) is 2.62. The molecule has 2 atom stereocenters. The first-order chi connectivity index (χ1) is 7.06. The van der Waals surface area contributed by atoms with Gasteiger partial charge in [0.2, 0.25) is 6.10 Å². The Morgan fingerprint density at radius 1 is 1.67 bits per heavy atom. The van der Waals surface area contributed by atoms with Crippen LogP contribution in [0.4, 0.5) is 4.79 Å². The quantitative estimate of drug-likeness (QED) is 0.676. The Kier molecular flexibility index (Phi) is 3.50. The van der Waals surface area contributed by atoms with Gasteiger partial charge in [-0.1, -0.05) is 0 Å². The molecule has 0 spiro atoms. The molecule has 0 aromatic heterocycles. The minimum atomic E-state index is -1.08. The van der Waals surface area contributed by atoms with E-state index in [9.17, 15) is 9.59 Å². The summed E-state index contributed by atoms with van der Waals surface area (Å²) in [5.41, 5.74) is 0. The van der Waals surface area contributed by atoms with Crippen LogP contribution in [-0.2, 0) is 9.53 Å². The normalized spacial score (nSPS) is 21.9. The van der Waals surface area contributed by atoms with Crippen molar-refractivity contribution < 1.29 is 19.4 Å². The Morgan fingerprint density at radius 3 is 2.80 bits per heavy atom. The maximum atomic E-state index is 10.8. The highest BCUT2D eigenvalue weighted by molar-refractivity contribution is 5.68. The first-order valence-corrected chi connectivity index (χ1v) is 4.62. The molecule has 0 bridgehead atoms. The summed E-state index contributed by atoms with van der Waals surface area (Å²) in [6.07, 6.45) is -0.834. The van der Waals surface area contributed by atoms with E-state index in [1.54, 1.807) is 0 Å². The summed E-state index contributed by atoms with van der Waals surface area (Å²) in [4.78, 5) is 22.7. The van der Waals surface area contributed by atoms with Gasteiger partial charge in [0.1, 0.15) is 6.07 Å². The van der Waals surface area contributed by atoms with Crippen LogP contribution < -0.4 is 0 Å². The number of amides is 1. The summed E-state index contributed by atoms with van der Waals surface area (Å²) in [7, 11) is 0. The zero-order valence-corrected chi connectivity index (χ0v) is 8.34. The molecule has 1 aliphatic rings. The number of rotatable bonds is 2. The number of hydrogen-bond acceptors (Lipinski definition) is 4. The van der Waals surface area contributed by atoms with Crippen LogP contribution in [0.2, 0.25) is 0 Å². The Balaban J connectivity index is 2.71. The van der Waals surface area contributed by atoms with Gasteiger partial charge in [0.05, 0.1) is 6.04 Å². The molecular formula is C9H12N2O4. The van der Waals surface area contributed by atoms with Crippen molar-refractivity contribution in [2.45, 2.75) is 31.9 Å². The summed E-state index contributed by atoms with van der Waals surface area (Å²) in [5, 5.41) is 17.6. The van der Waals surface area contributed by atoms with Gasteiger partial charge in [-0.25, -0.2) is 4.79 Å². The van der Waals surface area contributed by atoms with Crippen molar-refractivity contribution in [3.8, 4) is 6.07 Å². The van der Waals surface area contributed by atoms with E-state index in [4.69, 9.17) is 15.1 Å². The number of hydrogen-bond donors (Lipinski definition) is 1. The van der Waals surface area contributed by atoms with Gasteiger partial charge in [-0.05, 0) is 12.8 Å². The monoisotopic (exact) mass is 212 g/mol. The standard InChI is InChI=1S/C9H12N2O4/c1-6(12)15-8(5-10)7-3-2-4-11(7)9(13)14/h7-8H,2-4H2,1H3,(H,13,14)/t7-,8?/m0/s1. The SMILES string of the molecule is CC(=O)OC(C#N)[C@@H]1CCCN1C(=O)O. The second-order valence-corrected chi connectivity index (χ2v) is 3.34. The molecule has 6 nitrogen and oxygen atoms in total. The molecule has 0 aliphatic carbocycles. The highest BCUT2D eigenvalue weighted by Gasteiger charge is 2.36. The summed E-state index contributed by atoms with van der Waals surface area (Å²) in [6, 6.07) is 1.28. The Bertz CT molecular complexity index is 310. The Labute approximate surface area is 87.0 Å². The number of nitriles is 1. The van der Waals surface area contributed by atoms with E-state index in [1.165, 1.54) is 6.92 Å². The van der Waals surface area contributed by atoms with Crippen molar-refractivity contribution in [2.24, 2.45) is 0 Å². The van der Waals surface area contributed by atoms with E-state index in [2.05, 4.69) is 0 Å². The molecule has 1 N–H and O–H groups in total. The lowest BCUT2D eigenvalue weighted by Crippen LogP contribution is -2.43. The third-order valence-corrected chi connectivity index (χ3v) is 2.31. The zero-order valence-electron chi connectivity index (χ0n) is 8.34. The van der Waals surface area contributed by atoms with Gasteiger partial charge in [0.15, 0.2) is 0 Å². The van der Waals surface area contributed by atoms with Gasteiger partial charge in [0.25, 0.3) is 0 Å². The van der Waals surface area contributed by atoms with E-state index >= 15 is 0 Å². The van der Waals surface area contributed by atoms with E-state index in [0.29, 0.717) is 19.4 Å². The minimum absolute atomic E-state index is 0.388. The van der Waals surface area contributed by atoms with Gasteiger partial charge >= 0.3 is 12.1 Å². The van der Waals surface area contributed by atoms with Crippen LogP contribution in [0.1, 0.15) is 19.8 Å². The van der Waals surface area contributed by atoms with Gasteiger partial charge in [-0.2, -0.15) is 5.26 Å². The van der Waals surface area contributed by atoms with Crippen molar-refractivity contribution in [3.05, 3.63) is 0 Å². The topological polar surface area (TPSA) is 90.6 Å². The fourth-order valence-electron chi connectivity index (χ4n) is 1.71. The predicted octanol–water partition coefficient (Wildman–Crippen LogP) is 0.584. The number of ether oxygens (including phenoxy) is 1. The lowest BCUT2D eigenvalue weighted by atomic mass is 10.1. The highest BCUT2D eigenvalue weighted by Crippen LogP contribution is 2.21. The number of likely N-dealkylation sites (tertiary alicyclic amines) is 1. The number of carboxylic acid groups (broad SMARTS) is 1. The molecular weight excluding hydrogens is 200 g/mol. The summed E-state index contributed by atoms with van der Waals surface area (Å²) < 4.78 is 4.76. The van der Waals surface area contributed by atoms with Crippen LogP contribution in [0, 0.1) is 11.3 Å². The Hall–Kier alpha value is -1.77. The smallest absolute Gasteiger partial charge is 0.407 e. The predicted molar refractivity (Wildman–Crippen MR) is 48.9 cm³/mol. The maximum Gasteiger partial charge on any atom is 0.407 e. The molecule has 1 unspecified atom stereocenters. The second-order valence-electron chi connectivity index (χ2n) is 3.34. The second kappa shape index (κ2) is 4.64. The van der Waals surface area contributed by atoms with E-state index < -0.39 is 24.2 Å². The molecule has 0 aromatic carbocycles.